The van der Waals surface area contributed by atoms with Gasteiger partial charge in [0.1, 0.15) is 17.9 Å². The van der Waals surface area contributed by atoms with Crippen molar-refractivity contribution < 1.29 is 33.4 Å². The third kappa shape index (κ3) is 4.97. The lowest BCUT2D eigenvalue weighted by molar-refractivity contribution is -0.386. The fourth-order valence-electron chi connectivity index (χ4n) is 3.37. The smallest absolute Gasteiger partial charge is 0.327 e. The molecule has 0 aliphatic carbocycles. The molecule has 0 saturated carbocycles. The first-order valence-electron chi connectivity index (χ1n) is 9.72. The molecule has 1 amide bonds. The number of hydrogen-bond acceptors (Lipinski definition) is 8. The molecule has 1 atom stereocenters. The van der Waals surface area contributed by atoms with Crippen LogP contribution in [0.4, 0.5) is 11.4 Å². The zero-order valence-electron chi connectivity index (χ0n) is 17.8. The van der Waals surface area contributed by atoms with E-state index in [2.05, 4.69) is 5.32 Å². The van der Waals surface area contributed by atoms with Gasteiger partial charge < -0.3 is 29.0 Å². The van der Waals surface area contributed by atoms with Crippen molar-refractivity contribution in [1.82, 2.24) is 0 Å². The molecule has 172 valence electrons. The summed E-state index contributed by atoms with van der Waals surface area (Å²) in [5.74, 6) is -0.556. The number of anilines is 1. The largest absolute Gasteiger partial charge is 0.493 e. The molecule has 0 radical (unpaired) electrons. The van der Waals surface area contributed by atoms with Crippen LogP contribution in [0.15, 0.2) is 24.3 Å². The molecule has 1 saturated heterocycles. The van der Waals surface area contributed by atoms with Crippen molar-refractivity contribution in [2.45, 2.75) is 18.9 Å². The Labute approximate surface area is 189 Å². The van der Waals surface area contributed by atoms with Gasteiger partial charge in [-0.1, -0.05) is 11.6 Å². The Balaban J connectivity index is 1.96. The predicted molar refractivity (Wildman–Crippen MR) is 117 cm³/mol. The van der Waals surface area contributed by atoms with Crippen LogP contribution in [0.2, 0.25) is 5.02 Å². The molecule has 0 bridgehead atoms. The van der Waals surface area contributed by atoms with E-state index in [0.29, 0.717) is 24.0 Å². The molecular weight excluding hydrogens is 444 g/mol. The van der Waals surface area contributed by atoms with Gasteiger partial charge in [0, 0.05) is 17.7 Å². The van der Waals surface area contributed by atoms with Gasteiger partial charge >= 0.3 is 5.69 Å². The number of benzene rings is 2. The molecule has 0 spiro atoms. The SMILES string of the molecule is COc1cc(C(=O)Nc2cc(Cl)ccc2OCC2CCCO2)c([N+](=O)[O-])c(OC)c1OC. The standard InChI is InChI=1S/C21H23ClN2O8/c1-28-17-10-14(18(24(26)27)20(30-3)19(17)29-2)21(25)23-15-9-12(22)6-7-16(15)32-11-13-5-4-8-31-13/h6-7,9-10,13H,4-5,8,11H2,1-3H3,(H,23,25). The van der Waals surface area contributed by atoms with Gasteiger partial charge in [0.05, 0.1) is 38.0 Å². The molecule has 1 aliphatic rings. The highest BCUT2D eigenvalue weighted by Crippen LogP contribution is 2.46. The topological polar surface area (TPSA) is 118 Å². The highest BCUT2D eigenvalue weighted by molar-refractivity contribution is 6.31. The Hall–Kier alpha value is -3.24. The fraction of sp³-hybridized carbons (Fsp3) is 0.381. The summed E-state index contributed by atoms with van der Waals surface area (Å²) in [6.45, 7) is 0.984. The summed E-state index contributed by atoms with van der Waals surface area (Å²) in [4.78, 5) is 24.2. The van der Waals surface area contributed by atoms with E-state index in [1.807, 2.05) is 0 Å². The quantitative estimate of drug-likeness (QED) is 0.433. The van der Waals surface area contributed by atoms with E-state index in [0.717, 1.165) is 12.8 Å². The minimum atomic E-state index is -0.778. The Kier molecular flexibility index (Phi) is 7.60. The molecule has 10 nitrogen and oxygen atoms in total. The number of methoxy groups -OCH3 is 3. The van der Waals surface area contributed by atoms with Crippen molar-refractivity contribution in [1.29, 1.82) is 0 Å². The Morgan fingerprint density at radius 2 is 1.94 bits per heavy atom. The van der Waals surface area contributed by atoms with Gasteiger partial charge in [-0.25, -0.2) is 0 Å². The lowest BCUT2D eigenvalue weighted by atomic mass is 10.1. The molecule has 1 unspecified atom stereocenters. The summed E-state index contributed by atoms with van der Waals surface area (Å²) in [5, 5.41) is 14.8. The average Bonchev–Trinajstić information content (AvgIpc) is 3.30. The first-order valence-corrected chi connectivity index (χ1v) is 10.1. The van der Waals surface area contributed by atoms with Crippen molar-refractivity contribution in [2.75, 3.05) is 39.9 Å². The second-order valence-electron chi connectivity index (χ2n) is 6.84. The van der Waals surface area contributed by atoms with Crippen LogP contribution in [0.3, 0.4) is 0 Å². The summed E-state index contributed by atoms with van der Waals surface area (Å²) < 4.78 is 26.9. The number of nitrogens with one attached hydrogen (secondary N) is 1. The van der Waals surface area contributed by atoms with Gasteiger partial charge in [-0.05, 0) is 31.0 Å². The first-order chi connectivity index (χ1) is 15.4. The number of halogens is 1. The van der Waals surface area contributed by atoms with Crippen LogP contribution in [-0.4, -0.2) is 51.5 Å². The second kappa shape index (κ2) is 10.4. The molecule has 2 aromatic rings. The zero-order valence-corrected chi connectivity index (χ0v) is 18.6. The van der Waals surface area contributed by atoms with Gasteiger partial charge in [0.25, 0.3) is 5.91 Å². The van der Waals surface area contributed by atoms with Crippen molar-refractivity contribution in [3.8, 4) is 23.0 Å². The number of nitro benzene ring substituents is 1. The molecule has 3 rings (SSSR count). The van der Waals surface area contributed by atoms with E-state index >= 15 is 0 Å². The Morgan fingerprint density at radius 1 is 1.19 bits per heavy atom. The summed E-state index contributed by atoms with van der Waals surface area (Å²) in [5.41, 5.74) is -0.593. The van der Waals surface area contributed by atoms with Crippen molar-refractivity contribution in [2.24, 2.45) is 0 Å². The monoisotopic (exact) mass is 466 g/mol. The van der Waals surface area contributed by atoms with Gasteiger partial charge in [-0.15, -0.1) is 0 Å². The zero-order chi connectivity index (χ0) is 23.3. The van der Waals surface area contributed by atoms with Crippen molar-refractivity contribution in [3.63, 3.8) is 0 Å². The number of hydrogen-bond donors (Lipinski definition) is 1. The highest BCUT2D eigenvalue weighted by atomic mass is 35.5. The van der Waals surface area contributed by atoms with Crippen LogP contribution in [-0.2, 0) is 4.74 Å². The lowest BCUT2D eigenvalue weighted by Crippen LogP contribution is -2.19. The minimum Gasteiger partial charge on any atom is -0.493 e. The molecular formula is C21H23ClN2O8. The maximum atomic E-state index is 13.1. The number of carbonyl (C=O) groups excluding carboxylic acids is 1. The number of nitro groups is 1. The summed E-state index contributed by atoms with van der Waals surface area (Å²) in [6, 6.07) is 5.93. The van der Waals surface area contributed by atoms with E-state index < -0.39 is 16.5 Å². The maximum Gasteiger partial charge on any atom is 0.327 e. The van der Waals surface area contributed by atoms with E-state index in [1.165, 1.54) is 33.5 Å². The first kappa shape index (κ1) is 23.4. The molecule has 1 aliphatic heterocycles. The third-order valence-electron chi connectivity index (χ3n) is 4.87. The molecule has 11 heteroatoms. The van der Waals surface area contributed by atoms with Gasteiger partial charge in [0.2, 0.25) is 11.5 Å². The number of nitrogens with zero attached hydrogens (tertiary/aromatic N) is 1. The van der Waals surface area contributed by atoms with Gasteiger partial charge in [0.15, 0.2) is 5.75 Å². The van der Waals surface area contributed by atoms with E-state index in [1.54, 1.807) is 12.1 Å². The minimum absolute atomic E-state index is 0.00147. The van der Waals surface area contributed by atoms with E-state index in [4.69, 9.17) is 35.3 Å². The number of rotatable bonds is 9. The van der Waals surface area contributed by atoms with E-state index in [-0.39, 0.29) is 34.6 Å². The molecule has 2 aromatic carbocycles. The predicted octanol–water partition coefficient (Wildman–Crippen LogP) is 4.08. The van der Waals surface area contributed by atoms with Crippen LogP contribution in [0.1, 0.15) is 23.2 Å². The highest BCUT2D eigenvalue weighted by Gasteiger charge is 2.33. The van der Waals surface area contributed by atoms with Gasteiger partial charge in [-0.3, -0.25) is 14.9 Å². The number of amides is 1. The Bertz CT molecular complexity index is 1010. The van der Waals surface area contributed by atoms with Crippen LogP contribution >= 0.6 is 11.6 Å². The van der Waals surface area contributed by atoms with Crippen LogP contribution < -0.4 is 24.3 Å². The van der Waals surface area contributed by atoms with Crippen LogP contribution in [0.25, 0.3) is 0 Å². The second-order valence-corrected chi connectivity index (χ2v) is 7.28. The third-order valence-corrected chi connectivity index (χ3v) is 5.10. The van der Waals surface area contributed by atoms with Crippen molar-refractivity contribution in [3.05, 3.63) is 45.0 Å². The number of carbonyl (C=O) groups is 1. The maximum absolute atomic E-state index is 13.1. The summed E-state index contributed by atoms with van der Waals surface area (Å²) in [7, 11) is 3.90. The van der Waals surface area contributed by atoms with Crippen LogP contribution in [0, 0.1) is 10.1 Å². The summed E-state index contributed by atoms with van der Waals surface area (Å²) in [6.07, 6.45) is 1.81. The van der Waals surface area contributed by atoms with Crippen LogP contribution in [0.5, 0.6) is 23.0 Å². The molecule has 1 N–H and O–H groups in total. The summed E-state index contributed by atoms with van der Waals surface area (Å²) >= 11 is 6.09. The fourth-order valence-corrected chi connectivity index (χ4v) is 3.54. The van der Waals surface area contributed by atoms with Gasteiger partial charge in [-0.2, -0.15) is 0 Å². The normalized spacial score (nSPS) is 15.2. The Morgan fingerprint density at radius 3 is 2.53 bits per heavy atom. The molecule has 0 aromatic heterocycles. The number of ether oxygens (including phenoxy) is 5. The average molecular weight is 467 g/mol. The molecule has 1 heterocycles. The van der Waals surface area contributed by atoms with Crippen molar-refractivity contribution >= 4 is 28.9 Å². The van der Waals surface area contributed by atoms with E-state index in [9.17, 15) is 14.9 Å². The lowest BCUT2D eigenvalue weighted by Gasteiger charge is -2.17. The molecule has 32 heavy (non-hydrogen) atoms. The molecule has 1 fully saturated rings.